The average Bonchev–Trinajstić information content (AvgIpc) is 3.29. The highest BCUT2D eigenvalue weighted by atomic mass is 35.5. The van der Waals surface area contributed by atoms with Crippen LogP contribution < -0.4 is 5.32 Å². The Hall–Kier alpha value is -2.74. The van der Waals surface area contributed by atoms with Gasteiger partial charge >= 0.3 is 6.18 Å². The van der Waals surface area contributed by atoms with Crippen LogP contribution in [0.5, 0.6) is 0 Å². The lowest BCUT2D eigenvalue weighted by Crippen LogP contribution is -2.42. The van der Waals surface area contributed by atoms with Gasteiger partial charge in [0.1, 0.15) is 0 Å². The number of hydrogen-bond donors (Lipinski definition) is 1. The molecule has 0 saturated heterocycles. The molecule has 0 radical (unpaired) electrons. The van der Waals surface area contributed by atoms with E-state index in [1.54, 1.807) is 49.4 Å². The summed E-state index contributed by atoms with van der Waals surface area (Å²) >= 11 is 18.4. The van der Waals surface area contributed by atoms with Gasteiger partial charge in [-0.15, -0.1) is 0 Å². The first-order chi connectivity index (χ1) is 17.0. The monoisotopic (exact) mass is 554 g/mol. The van der Waals surface area contributed by atoms with E-state index in [4.69, 9.17) is 39.6 Å². The number of nitrogens with zero attached hydrogens (tertiary/aromatic N) is 1. The number of benzene rings is 3. The maximum atomic E-state index is 14.4. The maximum absolute atomic E-state index is 14.4. The first-order valence-corrected chi connectivity index (χ1v) is 12.1. The van der Waals surface area contributed by atoms with Crippen LogP contribution in [0.2, 0.25) is 15.1 Å². The van der Waals surface area contributed by atoms with Crippen molar-refractivity contribution in [2.75, 3.05) is 0 Å². The molecule has 4 nitrogen and oxygen atoms in total. The highest BCUT2D eigenvalue weighted by Crippen LogP contribution is 2.50. The topological polar surface area (TPSA) is 50.7 Å². The molecule has 0 aromatic heterocycles. The number of carbonyl (C=O) groups excluding carboxylic acids is 1. The number of amides is 1. The number of hydrogen-bond acceptors (Lipinski definition) is 3. The summed E-state index contributed by atoms with van der Waals surface area (Å²) in [4.78, 5) is 16.9. The molecule has 1 aliphatic heterocycles. The van der Waals surface area contributed by atoms with Gasteiger partial charge in [0.15, 0.2) is 0 Å². The van der Waals surface area contributed by atoms with Crippen molar-refractivity contribution in [3.8, 4) is 11.1 Å². The molecule has 1 unspecified atom stereocenters. The van der Waals surface area contributed by atoms with Gasteiger partial charge in [-0.25, -0.2) is 0 Å². The van der Waals surface area contributed by atoms with Crippen molar-refractivity contribution in [2.24, 2.45) is 5.16 Å². The molecule has 1 amide bonds. The molecule has 0 fully saturated rings. The summed E-state index contributed by atoms with van der Waals surface area (Å²) in [6.07, 6.45) is -5.07. The van der Waals surface area contributed by atoms with Crippen LogP contribution in [0.1, 0.15) is 36.5 Å². The normalized spacial score (nSPS) is 17.5. The second kappa shape index (κ2) is 10.3. The van der Waals surface area contributed by atoms with Gasteiger partial charge in [0.25, 0.3) is 5.60 Å². The fourth-order valence-corrected chi connectivity index (χ4v) is 4.77. The van der Waals surface area contributed by atoms with E-state index in [-0.39, 0.29) is 33.8 Å². The zero-order valence-electron chi connectivity index (χ0n) is 18.9. The predicted octanol–water partition coefficient (Wildman–Crippen LogP) is 7.92. The summed E-state index contributed by atoms with van der Waals surface area (Å²) in [7, 11) is 0. The third-order valence-electron chi connectivity index (χ3n) is 5.92. The van der Waals surface area contributed by atoms with Crippen molar-refractivity contribution in [3.05, 3.63) is 92.4 Å². The van der Waals surface area contributed by atoms with Gasteiger partial charge in [-0.05, 0) is 41.5 Å². The highest BCUT2D eigenvalue weighted by Gasteiger charge is 2.62. The molecule has 0 saturated carbocycles. The van der Waals surface area contributed by atoms with Crippen molar-refractivity contribution < 1.29 is 22.8 Å². The van der Waals surface area contributed by atoms with E-state index in [1.807, 2.05) is 0 Å². The number of alkyl halides is 3. The minimum Gasteiger partial charge on any atom is -0.374 e. The molecule has 1 heterocycles. The molecular formula is C26H20Cl3F3N2O2. The second-order valence-corrected chi connectivity index (χ2v) is 9.55. The van der Waals surface area contributed by atoms with Gasteiger partial charge in [0, 0.05) is 51.1 Å². The predicted molar refractivity (Wildman–Crippen MR) is 135 cm³/mol. The third kappa shape index (κ3) is 5.19. The van der Waals surface area contributed by atoms with Crippen LogP contribution in [0.15, 0.2) is 65.8 Å². The summed E-state index contributed by atoms with van der Waals surface area (Å²) in [5, 5.41) is 7.23. The minimum absolute atomic E-state index is 0.0534. The molecule has 36 heavy (non-hydrogen) atoms. The highest BCUT2D eigenvalue weighted by molar-refractivity contribution is 6.34. The lowest BCUT2D eigenvalue weighted by atomic mass is 9.85. The van der Waals surface area contributed by atoms with Crippen LogP contribution in [0, 0.1) is 0 Å². The Kier molecular flexibility index (Phi) is 7.55. The number of nitrogens with one attached hydrogen (secondary N) is 1. The number of carbonyl (C=O) groups is 1. The molecule has 3 aromatic rings. The molecule has 0 aliphatic carbocycles. The standard InChI is InChI=1S/C26H20Cl3F3N2O2/c1-2-24(35)33-14-16-8-7-15(9-21(16)20-5-3-4-6-22(20)29)23-13-25(36-34-23,26(30,31)32)17-10-18(27)12-19(28)11-17/h3-12H,2,13-14H2,1H3,(H,33,35). The molecule has 0 bridgehead atoms. The van der Waals surface area contributed by atoms with Gasteiger partial charge in [0.2, 0.25) is 5.91 Å². The van der Waals surface area contributed by atoms with Crippen molar-refractivity contribution in [1.29, 1.82) is 0 Å². The molecular weight excluding hydrogens is 536 g/mol. The van der Waals surface area contributed by atoms with Crippen LogP contribution >= 0.6 is 34.8 Å². The van der Waals surface area contributed by atoms with Gasteiger partial charge in [-0.1, -0.05) is 77.2 Å². The van der Waals surface area contributed by atoms with Crippen LogP contribution in [0.4, 0.5) is 13.2 Å². The molecule has 0 spiro atoms. The Morgan fingerprint density at radius 2 is 1.72 bits per heavy atom. The van der Waals surface area contributed by atoms with E-state index < -0.39 is 18.2 Å². The number of halogens is 6. The molecule has 188 valence electrons. The van der Waals surface area contributed by atoms with E-state index in [0.717, 1.165) is 5.56 Å². The molecule has 1 aliphatic rings. The summed E-state index contributed by atoms with van der Waals surface area (Å²) < 4.78 is 43.1. The first kappa shape index (κ1) is 26.3. The van der Waals surface area contributed by atoms with E-state index in [2.05, 4.69) is 10.5 Å². The zero-order valence-corrected chi connectivity index (χ0v) is 21.2. The van der Waals surface area contributed by atoms with Crippen molar-refractivity contribution >= 4 is 46.4 Å². The molecule has 10 heteroatoms. The van der Waals surface area contributed by atoms with Crippen molar-refractivity contribution in [1.82, 2.24) is 5.32 Å². The Morgan fingerprint density at radius 1 is 1.03 bits per heavy atom. The largest absolute Gasteiger partial charge is 0.435 e. The zero-order chi connectivity index (χ0) is 26.1. The van der Waals surface area contributed by atoms with Crippen molar-refractivity contribution in [2.45, 2.75) is 38.1 Å². The quantitative estimate of drug-likeness (QED) is 0.336. The van der Waals surface area contributed by atoms with Gasteiger partial charge in [-0.2, -0.15) is 13.2 Å². The SMILES string of the molecule is CCC(=O)NCc1ccc(C2=NOC(c3cc(Cl)cc(Cl)c3)(C(F)(F)F)C2)cc1-c1ccccc1Cl. The Bertz CT molecular complexity index is 1320. The van der Waals surface area contributed by atoms with E-state index in [0.29, 0.717) is 28.1 Å². The van der Waals surface area contributed by atoms with Gasteiger partial charge < -0.3 is 10.2 Å². The first-order valence-electron chi connectivity index (χ1n) is 11.0. The van der Waals surface area contributed by atoms with Crippen LogP contribution in [-0.2, 0) is 21.8 Å². The second-order valence-electron chi connectivity index (χ2n) is 8.27. The Balaban J connectivity index is 1.75. The maximum Gasteiger partial charge on any atom is 0.435 e. The average molecular weight is 556 g/mol. The van der Waals surface area contributed by atoms with Crippen LogP contribution in [-0.4, -0.2) is 17.8 Å². The lowest BCUT2D eigenvalue weighted by Gasteiger charge is -2.29. The third-order valence-corrected chi connectivity index (χ3v) is 6.69. The summed E-state index contributed by atoms with van der Waals surface area (Å²) in [5.41, 5.74) is -0.378. The smallest absolute Gasteiger partial charge is 0.374 e. The minimum atomic E-state index is -4.80. The van der Waals surface area contributed by atoms with Gasteiger partial charge in [-0.3, -0.25) is 4.79 Å². The Labute approximate surface area is 221 Å². The fourth-order valence-electron chi connectivity index (χ4n) is 4.00. The fraction of sp³-hybridized carbons (Fsp3) is 0.231. The van der Waals surface area contributed by atoms with E-state index >= 15 is 0 Å². The lowest BCUT2D eigenvalue weighted by molar-refractivity contribution is -0.275. The molecule has 1 atom stereocenters. The summed E-state index contributed by atoms with van der Waals surface area (Å²) in [6, 6.07) is 15.9. The van der Waals surface area contributed by atoms with E-state index in [9.17, 15) is 18.0 Å². The van der Waals surface area contributed by atoms with Crippen molar-refractivity contribution in [3.63, 3.8) is 0 Å². The summed E-state index contributed by atoms with van der Waals surface area (Å²) in [5.74, 6) is -0.132. The number of rotatable bonds is 6. The summed E-state index contributed by atoms with van der Waals surface area (Å²) in [6.45, 7) is 1.97. The molecule has 3 aromatic carbocycles. The van der Waals surface area contributed by atoms with E-state index in [1.165, 1.54) is 18.2 Å². The van der Waals surface area contributed by atoms with Crippen LogP contribution in [0.3, 0.4) is 0 Å². The van der Waals surface area contributed by atoms with Gasteiger partial charge in [0.05, 0.1) is 5.71 Å². The molecule has 1 N–H and O–H groups in total. The molecule has 4 rings (SSSR count). The van der Waals surface area contributed by atoms with Crippen LogP contribution in [0.25, 0.3) is 11.1 Å². The number of oxime groups is 1. The Morgan fingerprint density at radius 3 is 2.36 bits per heavy atom.